The minimum absolute atomic E-state index is 0.564. The van der Waals surface area contributed by atoms with Crippen LogP contribution in [0, 0.1) is 5.41 Å². The zero-order chi connectivity index (χ0) is 9.31. The first-order chi connectivity index (χ1) is 6.23. The van der Waals surface area contributed by atoms with Crippen LogP contribution in [0.25, 0.3) is 0 Å². The molecule has 13 heavy (non-hydrogen) atoms. The molecule has 1 heterocycles. The van der Waals surface area contributed by atoms with Crippen LogP contribution < -0.4 is 0 Å². The fraction of sp³-hybridized carbons (Fsp3) is 1.00. The third kappa shape index (κ3) is 1.99. The van der Waals surface area contributed by atoms with Crippen LogP contribution in [0.15, 0.2) is 0 Å². The van der Waals surface area contributed by atoms with Crippen LogP contribution in [0.1, 0.15) is 12.8 Å². The topological polar surface area (TPSA) is 12.5 Å². The highest BCUT2D eigenvalue weighted by atomic mass is 19.3. The number of hydrogen-bond acceptors (Lipinski definition) is 2. The lowest BCUT2D eigenvalue weighted by atomic mass is 10.1. The maximum absolute atomic E-state index is 12.6. The summed E-state index contributed by atoms with van der Waals surface area (Å²) in [6.07, 6.45) is -0.750. The molecule has 0 radical (unpaired) electrons. The fourth-order valence-electron chi connectivity index (χ4n) is 1.81. The molecular weight excluding hydrogens is 176 g/mol. The van der Waals surface area contributed by atoms with Crippen molar-refractivity contribution in [2.45, 2.75) is 19.3 Å². The first-order valence-electron chi connectivity index (χ1n) is 4.81. The van der Waals surface area contributed by atoms with Gasteiger partial charge in [-0.15, -0.1) is 0 Å². The second-order valence-electron chi connectivity index (χ2n) is 4.05. The molecule has 0 amide bonds. The Hall–Kier alpha value is -0.220. The van der Waals surface area contributed by atoms with Crippen molar-refractivity contribution < 1.29 is 13.5 Å². The summed E-state index contributed by atoms with van der Waals surface area (Å²) in [5.74, 6) is 0. The first-order valence-corrected chi connectivity index (χ1v) is 4.81. The van der Waals surface area contributed by atoms with Gasteiger partial charge in [0, 0.05) is 25.0 Å². The van der Waals surface area contributed by atoms with Gasteiger partial charge in [-0.3, -0.25) is 4.90 Å². The molecule has 2 fully saturated rings. The van der Waals surface area contributed by atoms with Gasteiger partial charge in [-0.1, -0.05) is 0 Å². The number of nitrogens with zero attached hydrogens (tertiary/aromatic N) is 1. The van der Waals surface area contributed by atoms with Crippen LogP contribution in [-0.4, -0.2) is 44.2 Å². The van der Waals surface area contributed by atoms with Gasteiger partial charge in [0.25, 0.3) is 0 Å². The predicted molar refractivity (Wildman–Crippen MR) is 44.9 cm³/mol. The average molecular weight is 191 g/mol. The number of rotatable bonds is 3. The molecular formula is C9H15F2NO. The molecule has 0 aromatic carbocycles. The summed E-state index contributed by atoms with van der Waals surface area (Å²) in [7, 11) is 0. The lowest BCUT2D eigenvalue weighted by Crippen LogP contribution is -2.41. The number of morpholine rings is 1. The Labute approximate surface area is 76.9 Å². The zero-order valence-electron chi connectivity index (χ0n) is 7.64. The Balaban J connectivity index is 1.82. The largest absolute Gasteiger partial charge is 0.379 e. The Kier molecular flexibility index (Phi) is 2.51. The lowest BCUT2D eigenvalue weighted by molar-refractivity contribution is -0.00559. The average Bonchev–Trinajstić information content (AvgIpc) is 2.87. The molecule has 2 aliphatic rings. The van der Waals surface area contributed by atoms with Crippen molar-refractivity contribution in [1.29, 1.82) is 0 Å². The van der Waals surface area contributed by atoms with Crippen molar-refractivity contribution in [3.05, 3.63) is 0 Å². The molecule has 0 aromatic heterocycles. The van der Waals surface area contributed by atoms with Gasteiger partial charge in [0.2, 0.25) is 6.43 Å². The van der Waals surface area contributed by atoms with Crippen LogP contribution in [0.5, 0.6) is 0 Å². The summed E-state index contributed by atoms with van der Waals surface area (Å²) < 4.78 is 30.3. The molecule has 1 saturated heterocycles. The molecule has 0 unspecified atom stereocenters. The molecule has 1 aliphatic heterocycles. The van der Waals surface area contributed by atoms with Crippen LogP contribution in [0.4, 0.5) is 8.78 Å². The van der Waals surface area contributed by atoms with Crippen molar-refractivity contribution in [3.8, 4) is 0 Å². The second-order valence-corrected chi connectivity index (χ2v) is 4.05. The van der Waals surface area contributed by atoms with E-state index in [2.05, 4.69) is 4.90 Å². The van der Waals surface area contributed by atoms with Crippen LogP contribution in [-0.2, 0) is 4.74 Å². The highest BCUT2D eigenvalue weighted by molar-refractivity contribution is 4.97. The van der Waals surface area contributed by atoms with Crippen molar-refractivity contribution >= 4 is 0 Å². The van der Waals surface area contributed by atoms with E-state index in [-0.39, 0.29) is 0 Å². The van der Waals surface area contributed by atoms with E-state index in [1.807, 2.05) is 0 Å². The van der Waals surface area contributed by atoms with Gasteiger partial charge >= 0.3 is 0 Å². The van der Waals surface area contributed by atoms with E-state index in [4.69, 9.17) is 4.74 Å². The SMILES string of the molecule is FC(F)C1(CN2CCOCC2)CC1. The third-order valence-electron chi connectivity index (χ3n) is 3.00. The van der Waals surface area contributed by atoms with Crippen molar-refractivity contribution in [2.75, 3.05) is 32.8 Å². The maximum Gasteiger partial charge on any atom is 0.245 e. The second kappa shape index (κ2) is 3.50. The molecule has 1 aliphatic carbocycles. The molecule has 0 N–H and O–H groups in total. The number of hydrogen-bond donors (Lipinski definition) is 0. The normalized spacial score (nSPS) is 27.9. The summed E-state index contributed by atoms with van der Waals surface area (Å²) in [6.45, 7) is 3.58. The van der Waals surface area contributed by atoms with E-state index in [0.29, 0.717) is 32.6 Å². The quantitative estimate of drug-likeness (QED) is 0.668. The Morgan fingerprint density at radius 2 is 1.85 bits per heavy atom. The highest BCUT2D eigenvalue weighted by Gasteiger charge is 2.51. The van der Waals surface area contributed by atoms with Gasteiger partial charge in [0.15, 0.2) is 0 Å². The number of alkyl halides is 2. The van der Waals surface area contributed by atoms with Crippen molar-refractivity contribution in [1.82, 2.24) is 4.90 Å². The van der Waals surface area contributed by atoms with Gasteiger partial charge < -0.3 is 4.74 Å². The molecule has 1 saturated carbocycles. The predicted octanol–water partition coefficient (Wildman–Crippen LogP) is 1.36. The van der Waals surface area contributed by atoms with E-state index in [1.54, 1.807) is 0 Å². The standard InChI is InChI=1S/C9H15F2NO/c10-8(11)9(1-2-9)7-12-3-5-13-6-4-12/h8H,1-7H2. The number of ether oxygens (including phenoxy) is 1. The van der Waals surface area contributed by atoms with Crippen LogP contribution in [0.3, 0.4) is 0 Å². The van der Waals surface area contributed by atoms with Gasteiger partial charge in [-0.2, -0.15) is 0 Å². The Morgan fingerprint density at radius 3 is 2.31 bits per heavy atom. The third-order valence-corrected chi connectivity index (χ3v) is 3.00. The smallest absolute Gasteiger partial charge is 0.245 e. The summed E-state index contributed by atoms with van der Waals surface area (Å²) in [6, 6.07) is 0. The summed E-state index contributed by atoms with van der Waals surface area (Å²) >= 11 is 0. The first kappa shape index (κ1) is 9.34. The van der Waals surface area contributed by atoms with E-state index >= 15 is 0 Å². The molecule has 2 nitrogen and oxygen atoms in total. The fourth-order valence-corrected chi connectivity index (χ4v) is 1.81. The van der Waals surface area contributed by atoms with Crippen LogP contribution >= 0.6 is 0 Å². The van der Waals surface area contributed by atoms with E-state index in [1.165, 1.54) is 0 Å². The molecule has 0 bridgehead atoms. The van der Waals surface area contributed by atoms with E-state index in [0.717, 1.165) is 13.1 Å². The molecule has 2 rings (SSSR count). The minimum Gasteiger partial charge on any atom is -0.379 e. The van der Waals surface area contributed by atoms with Gasteiger partial charge in [0.05, 0.1) is 13.2 Å². The van der Waals surface area contributed by atoms with Gasteiger partial charge in [-0.05, 0) is 12.8 Å². The maximum atomic E-state index is 12.6. The van der Waals surface area contributed by atoms with Gasteiger partial charge in [0.1, 0.15) is 0 Å². The molecule has 0 atom stereocenters. The molecule has 0 spiro atoms. The minimum atomic E-state index is -2.14. The van der Waals surface area contributed by atoms with Crippen LogP contribution in [0.2, 0.25) is 0 Å². The zero-order valence-corrected chi connectivity index (χ0v) is 7.64. The number of halogens is 2. The van der Waals surface area contributed by atoms with Crippen molar-refractivity contribution in [2.24, 2.45) is 5.41 Å². The van der Waals surface area contributed by atoms with Gasteiger partial charge in [-0.25, -0.2) is 8.78 Å². The Bertz CT molecular complexity index is 176. The summed E-state index contributed by atoms with van der Waals surface area (Å²) in [5.41, 5.74) is -0.655. The highest BCUT2D eigenvalue weighted by Crippen LogP contribution is 2.51. The molecule has 76 valence electrons. The molecule has 0 aromatic rings. The monoisotopic (exact) mass is 191 g/mol. The lowest BCUT2D eigenvalue weighted by Gasteiger charge is -2.30. The Morgan fingerprint density at radius 1 is 1.23 bits per heavy atom. The van der Waals surface area contributed by atoms with E-state index in [9.17, 15) is 8.78 Å². The summed E-state index contributed by atoms with van der Waals surface area (Å²) in [4.78, 5) is 2.10. The summed E-state index contributed by atoms with van der Waals surface area (Å²) in [5, 5.41) is 0. The molecule has 4 heteroatoms. The van der Waals surface area contributed by atoms with Crippen molar-refractivity contribution in [3.63, 3.8) is 0 Å². The van der Waals surface area contributed by atoms with E-state index < -0.39 is 11.8 Å².